The van der Waals surface area contributed by atoms with Crippen molar-refractivity contribution in [3.05, 3.63) is 42.9 Å². The molecule has 1 aromatic carbocycles. The van der Waals surface area contributed by atoms with Crippen LogP contribution in [-0.4, -0.2) is 13.2 Å². The van der Waals surface area contributed by atoms with Crippen molar-refractivity contribution in [3.8, 4) is 0 Å². The molecule has 0 saturated carbocycles. The van der Waals surface area contributed by atoms with Crippen LogP contribution >= 0.6 is 7.51 Å². The zero-order valence-electron chi connectivity index (χ0n) is 10.0. The van der Waals surface area contributed by atoms with E-state index in [1.165, 1.54) is 12.5 Å². The summed E-state index contributed by atoms with van der Waals surface area (Å²) in [5.41, 5.74) is 0. The second-order valence-corrected chi connectivity index (χ2v) is 6.55. The van der Waals surface area contributed by atoms with Gasteiger partial charge in [0.25, 0.3) is 0 Å². The van der Waals surface area contributed by atoms with Crippen molar-refractivity contribution in [1.29, 1.82) is 0 Å². The van der Waals surface area contributed by atoms with E-state index in [0.717, 1.165) is 5.30 Å². The minimum atomic E-state index is -3.65. The number of rotatable bonds is 5. The second kappa shape index (κ2) is 4.65. The molecule has 0 atom stereocenters. The fourth-order valence-electron chi connectivity index (χ4n) is 1.83. The fraction of sp³-hybridized carbons (Fsp3) is 0.333. The summed E-state index contributed by atoms with van der Waals surface area (Å²) in [7, 11) is -3.65. The van der Waals surface area contributed by atoms with E-state index in [1.54, 1.807) is 0 Å². The van der Waals surface area contributed by atoms with Crippen LogP contribution in [0.3, 0.4) is 0 Å². The Hall–Kier alpha value is -1.09. The van der Waals surface area contributed by atoms with Crippen LogP contribution in [0.1, 0.15) is 13.8 Å². The summed E-state index contributed by atoms with van der Waals surface area (Å²) in [4.78, 5) is 0. The predicted octanol–water partition coefficient (Wildman–Crippen LogP) is 3.12. The molecule has 0 saturated heterocycles. The molecule has 1 aliphatic rings. The molecule has 5 heteroatoms. The summed E-state index contributed by atoms with van der Waals surface area (Å²) in [5.74, 6) is 0. The fourth-order valence-corrected chi connectivity index (χ4v) is 4.81. The van der Waals surface area contributed by atoms with Crippen molar-refractivity contribution in [2.45, 2.75) is 13.8 Å². The molecule has 0 amide bonds. The molecule has 0 radical (unpaired) electrons. The Kier molecular flexibility index (Phi) is 3.38. The van der Waals surface area contributed by atoms with Gasteiger partial charge < -0.3 is 0 Å². The van der Waals surface area contributed by atoms with Gasteiger partial charge in [0.2, 0.25) is 0 Å². The van der Waals surface area contributed by atoms with E-state index < -0.39 is 7.51 Å². The van der Waals surface area contributed by atoms with Gasteiger partial charge in [-0.25, -0.2) is 0 Å². The zero-order valence-corrected chi connectivity index (χ0v) is 10.9. The summed E-state index contributed by atoms with van der Waals surface area (Å²) in [6, 6.07) is 9.55. The van der Waals surface area contributed by atoms with E-state index in [-0.39, 0.29) is 0 Å². The van der Waals surface area contributed by atoms with Crippen LogP contribution in [0.15, 0.2) is 42.9 Å². The normalized spacial score (nSPS) is 22.1. The first-order valence-corrected chi connectivity index (χ1v) is 7.57. The third-order valence-electron chi connectivity index (χ3n) is 2.42. The van der Waals surface area contributed by atoms with Gasteiger partial charge in [-0.2, -0.15) is 0 Å². The Morgan fingerprint density at radius 2 is 1.47 bits per heavy atom. The number of hydrogen-bond acceptors (Lipinski definition) is 4. The first kappa shape index (κ1) is 12.4. The van der Waals surface area contributed by atoms with Gasteiger partial charge in [0, 0.05) is 0 Å². The molecule has 0 aromatic heterocycles. The van der Waals surface area contributed by atoms with Crippen molar-refractivity contribution in [1.82, 2.24) is 0 Å². The molecular weight excluding hydrogens is 239 g/mol. The summed E-state index contributed by atoms with van der Waals surface area (Å²) in [5, 5.41) is 0.798. The third kappa shape index (κ3) is 1.93. The average molecular weight is 256 g/mol. The Balaban J connectivity index is 2.49. The monoisotopic (exact) mass is 256 g/mol. The van der Waals surface area contributed by atoms with E-state index >= 15 is 0 Å². The van der Waals surface area contributed by atoms with Crippen molar-refractivity contribution < 1.29 is 18.1 Å². The predicted molar refractivity (Wildman–Crippen MR) is 67.6 cm³/mol. The van der Waals surface area contributed by atoms with Crippen LogP contribution in [0, 0.1) is 0 Å². The Morgan fingerprint density at radius 3 is 1.94 bits per heavy atom. The molecule has 1 heterocycles. The van der Waals surface area contributed by atoms with Crippen LogP contribution in [0.4, 0.5) is 0 Å². The molecule has 0 N–H and O–H groups in total. The van der Waals surface area contributed by atoms with Crippen LogP contribution in [-0.2, 0) is 18.1 Å². The number of hydrogen-bond donors (Lipinski definition) is 0. The SMILES string of the molecule is CCOP1(OCC)(c2ccccc2)OC=CO1. The molecule has 17 heavy (non-hydrogen) atoms. The van der Waals surface area contributed by atoms with Crippen LogP contribution in [0.25, 0.3) is 0 Å². The van der Waals surface area contributed by atoms with Gasteiger partial charge in [0.05, 0.1) is 0 Å². The van der Waals surface area contributed by atoms with Crippen molar-refractivity contribution in [3.63, 3.8) is 0 Å². The van der Waals surface area contributed by atoms with E-state index in [1.807, 2.05) is 44.2 Å². The van der Waals surface area contributed by atoms with Gasteiger partial charge >= 0.3 is 101 Å². The van der Waals surface area contributed by atoms with Crippen molar-refractivity contribution >= 4 is 12.8 Å². The summed E-state index contributed by atoms with van der Waals surface area (Å²) in [6.07, 6.45) is 2.96. The van der Waals surface area contributed by atoms with E-state index in [2.05, 4.69) is 0 Å². The van der Waals surface area contributed by atoms with Gasteiger partial charge in [-0.05, 0) is 0 Å². The Bertz CT molecular complexity index is 386. The first-order chi connectivity index (χ1) is 8.25. The molecular formula is C12H17O4P. The van der Waals surface area contributed by atoms with Gasteiger partial charge in [-0.15, -0.1) is 0 Å². The maximum atomic E-state index is 5.81. The Morgan fingerprint density at radius 1 is 0.941 bits per heavy atom. The molecule has 0 fully saturated rings. The first-order valence-electron chi connectivity index (χ1n) is 5.66. The van der Waals surface area contributed by atoms with E-state index in [4.69, 9.17) is 18.1 Å². The van der Waals surface area contributed by atoms with Crippen molar-refractivity contribution in [2.75, 3.05) is 13.2 Å². The van der Waals surface area contributed by atoms with Gasteiger partial charge in [-0.1, -0.05) is 0 Å². The molecule has 4 nitrogen and oxygen atoms in total. The summed E-state index contributed by atoms with van der Waals surface area (Å²) >= 11 is 0. The second-order valence-electron chi connectivity index (χ2n) is 3.47. The van der Waals surface area contributed by atoms with E-state index in [9.17, 15) is 0 Å². The quantitative estimate of drug-likeness (QED) is 0.758. The van der Waals surface area contributed by atoms with Gasteiger partial charge in [-0.3, -0.25) is 0 Å². The maximum absolute atomic E-state index is 5.81. The summed E-state index contributed by atoms with van der Waals surface area (Å²) in [6.45, 7) is 4.69. The zero-order chi connectivity index (χ0) is 12.2. The van der Waals surface area contributed by atoms with Crippen LogP contribution < -0.4 is 5.30 Å². The molecule has 0 unspecified atom stereocenters. The van der Waals surface area contributed by atoms with Crippen molar-refractivity contribution in [2.24, 2.45) is 0 Å². The molecule has 2 rings (SSSR count). The number of benzene rings is 1. The topological polar surface area (TPSA) is 36.9 Å². The molecule has 1 aliphatic heterocycles. The van der Waals surface area contributed by atoms with E-state index in [0.29, 0.717) is 13.2 Å². The Labute approximate surface area is 101 Å². The van der Waals surface area contributed by atoms with Crippen LogP contribution in [0.2, 0.25) is 0 Å². The van der Waals surface area contributed by atoms with Gasteiger partial charge in [0.15, 0.2) is 0 Å². The standard InChI is InChI=1S/C12H17O4P/c1-3-13-17(14-4-2,15-10-11-16-17)12-8-6-5-7-9-12/h5-11H,3-4H2,1-2H3. The molecule has 1 aromatic rings. The summed E-state index contributed by atoms with van der Waals surface area (Å²) < 4.78 is 23.0. The minimum absolute atomic E-state index is 0.453. The molecule has 94 valence electrons. The van der Waals surface area contributed by atoms with Crippen LogP contribution in [0.5, 0.6) is 0 Å². The molecule has 0 aliphatic carbocycles. The van der Waals surface area contributed by atoms with Gasteiger partial charge in [0.1, 0.15) is 0 Å². The third-order valence-corrected chi connectivity index (χ3v) is 5.94. The molecule has 0 spiro atoms. The average Bonchev–Trinajstić information content (AvgIpc) is 2.78. The molecule has 0 bridgehead atoms.